The number of aromatic carboxylic acids is 1. The highest BCUT2D eigenvalue weighted by atomic mass is 32.2. The van der Waals surface area contributed by atoms with Gasteiger partial charge >= 0.3 is 5.97 Å². The predicted molar refractivity (Wildman–Crippen MR) is 135 cm³/mol. The van der Waals surface area contributed by atoms with Crippen molar-refractivity contribution in [2.75, 3.05) is 31.0 Å². The van der Waals surface area contributed by atoms with Crippen LogP contribution >= 0.6 is 0 Å². The summed E-state index contributed by atoms with van der Waals surface area (Å²) in [6, 6.07) is 6.53. The first-order valence-corrected chi connectivity index (χ1v) is 13.2. The number of carbonyl (C=O) groups is 1. The van der Waals surface area contributed by atoms with Gasteiger partial charge in [0.15, 0.2) is 0 Å². The van der Waals surface area contributed by atoms with Gasteiger partial charge < -0.3 is 14.7 Å². The summed E-state index contributed by atoms with van der Waals surface area (Å²) in [6.07, 6.45) is 3.34. The minimum Gasteiger partial charge on any atom is -0.492 e. The lowest BCUT2D eigenvalue weighted by molar-refractivity contribution is 0.0687. The maximum absolute atomic E-state index is 14.0. The molecular weight excluding hydrogens is 471 g/mol. The number of benzene rings is 2. The number of halogens is 1. The predicted octanol–water partition coefficient (Wildman–Crippen LogP) is 4.99. The third-order valence-corrected chi connectivity index (χ3v) is 8.28. The molecule has 0 aliphatic carbocycles. The van der Waals surface area contributed by atoms with E-state index in [0.29, 0.717) is 18.7 Å². The van der Waals surface area contributed by atoms with Crippen LogP contribution in [0.15, 0.2) is 41.3 Å². The Morgan fingerprint density at radius 2 is 1.94 bits per heavy atom. The van der Waals surface area contributed by atoms with Crippen LogP contribution in [0.1, 0.15) is 56.1 Å². The smallest absolute Gasteiger partial charge is 0.341 e. The normalized spacial score (nSPS) is 17.3. The first-order chi connectivity index (χ1) is 16.4. The van der Waals surface area contributed by atoms with E-state index in [4.69, 9.17) is 4.74 Å². The fourth-order valence-electron chi connectivity index (χ4n) is 4.12. The molecule has 0 aromatic heterocycles. The third kappa shape index (κ3) is 5.51. The number of nitrogens with zero attached hydrogens (tertiary/aromatic N) is 1. The molecule has 190 valence electrons. The van der Waals surface area contributed by atoms with E-state index >= 15 is 0 Å². The number of hydrogen-bond donors (Lipinski definition) is 2. The van der Waals surface area contributed by atoms with Crippen molar-refractivity contribution in [3.8, 4) is 5.75 Å². The molecule has 0 amide bonds. The molecule has 0 radical (unpaired) electrons. The van der Waals surface area contributed by atoms with Gasteiger partial charge in [0.2, 0.25) is 0 Å². The van der Waals surface area contributed by atoms with E-state index in [-0.39, 0.29) is 38.8 Å². The monoisotopic (exact) mass is 504 g/mol. The Morgan fingerprint density at radius 3 is 2.57 bits per heavy atom. The summed E-state index contributed by atoms with van der Waals surface area (Å²) in [5.41, 5.74) is 0.175. The topological polar surface area (TPSA) is 95.9 Å². The average molecular weight is 505 g/mol. The standard InChI is InChI=1S/C26H33FN2O5S/c1-6-29(7-2)14-8-9-18-15-19(27)10-13-22(18)35(32,33)28-21-12-11-20-24(23(21)25(30)31)34-16-17(3)26(20,4)5/h8-13,15,17,28H,6-7,14,16H2,1-5H3,(H,30,31)/b9-8+. The van der Waals surface area contributed by atoms with Gasteiger partial charge in [-0.15, -0.1) is 0 Å². The number of anilines is 1. The maximum Gasteiger partial charge on any atom is 0.341 e. The number of carboxylic acid groups (broad SMARTS) is 1. The second-order valence-corrected chi connectivity index (χ2v) is 10.9. The molecule has 0 saturated heterocycles. The number of sulfonamides is 1. The summed E-state index contributed by atoms with van der Waals surface area (Å²) in [6.45, 7) is 12.6. The SMILES string of the molecule is CCN(CC)C/C=C/c1cc(F)ccc1S(=O)(=O)Nc1ccc2c(c1C(=O)O)OCC(C)C2(C)C. The highest BCUT2D eigenvalue weighted by molar-refractivity contribution is 7.92. The lowest BCUT2D eigenvalue weighted by atomic mass is 9.72. The number of ether oxygens (including phenoxy) is 1. The fraction of sp³-hybridized carbons (Fsp3) is 0.423. The number of carboxylic acids is 1. The van der Waals surface area contributed by atoms with Crippen molar-refractivity contribution in [3.05, 3.63) is 58.9 Å². The van der Waals surface area contributed by atoms with Gasteiger partial charge in [-0.3, -0.25) is 4.72 Å². The van der Waals surface area contributed by atoms with Crippen molar-refractivity contribution < 1.29 is 27.4 Å². The molecule has 1 atom stereocenters. The molecule has 1 aliphatic heterocycles. The van der Waals surface area contributed by atoms with Crippen LogP contribution in [0, 0.1) is 11.7 Å². The van der Waals surface area contributed by atoms with Gasteiger partial charge in [0.05, 0.1) is 17.2 Å². The van der Waals surface area contributed by atoms with E-state index in [1.165, 1.54) is 12.1 Å². The summed E-state index contributed by atoms with van der Waals surface area (Å²) in [4.78, 5) is 14.2. The molecule has 7 nitrogen and oxygen atoms in total. The zero-order valence-electron chi connectivity index (χ0n) is 20.8. The zero-order valence-corrected chi connectivity index (χ0v) is 21.6. The summed E-state index contributed by atoms with van der Waals surface area (Å²) in [5.74, 6) is -1.57. The van der Waals surface area contributed by atoms with E-state index in [2.05, 4.69) is 9.62 Å². The Bertz CT molecular complexity index is 1240. The first kappa shape index (κ1) is 26.7. The van der Waals surface area contributed by atoms with Crippen LogP contribution in [0.5, 0.6) is 5.75 Å². The minimum absolute atomic E-state index is 0.107. The molecule has 35 heavy (non-hydrogen) atoms. The van der Waals surface area contributed by atoms with Crippen LogP contribution in [0.2, 0.25) is 0 Å². The van der Waals surface area contributed by atoms with E-state index in [1.54, 1.807) is 18.2 Å². The Labute approximate surface area is 206 Å². The van der Waals surface area contributed by atoms with Crippen LogP contribution in [0.25, 0.3) is 6.08 Å². The van der Waals surface area contributed by atoms with Crippen molar-refractivity contribution in [2.45, 2.75) is 44.9 Å². The van der Waals surface area contributed by atoms with Crippen molar-refractivity contribution in [1.29, 1.82) is 0 Å². The van der Waals surface area contributed by atoms with Crippen molar-refractivity contribution in [3.63, 3.8) is 0 Å². The molecule has 2 aromatic rings. The highest BCUT2D eigenvalue weighted by Crippen LogP contribution is 2.45. The molecule has 3 rings (SSSR count). The summed E-state index contributed by atoms with van der Waals surface area (Å²) < 4.78 is 48.9. The lowest BCUT2D eigenvalue weighted by Crippen LogP contribution is -2.36. The van der Waals surface area contributed by atoms with Crippen molar-refractivity contribution >= 4 is 27.8 Å². The number of hydrogen-bond acceptors (Lipinski definition) is 5. The van der Waals surface area contributed by atoms with E-state index in [9.17, 15) is 22.7 Å². The van der Waals surface area contributed by atoms with Gasteiger partial charge in [0.1, 0.15) is 17.1 Å². The second-order valence-electron chi connectivity index (χ2n) is 9.28. The highest BCUT2D eigenvalue weighted by Gasteiger charge is 2.38. The molecule has 9 heteroatoms. The fourth-order valence-corrected chi connectivity index (χ4v) is 5.38. The van der Waals surface area contributed by atoms with Gasteiger partial charge in [-0.1, -0.05) is 52.8 Å². The summed E-state index contributed by atoms with van der Waals surface area (Å²) in [5, 5.41) is 9.95. The molecule has 1 unspecified atom stereocenters. The van der Waals surface area contributed by atoms with Crippen LogP contribution in [0.4, 0.5) is 10.1 Å². The van der Waals surface area contributed by atoms with Crippen LogP contribution in [-0.4, -0.2) is 50.6 Å². The maximum atomic E-state index is 14.0. The molecule has 1 heterocycles. The van der Waals surface area contributed by atoms with Gasteiger partial charge in [-0.2, -0.15) is 0 Å². The number of likely N-dealkylation sites (N-methyl/N-ethyl adjacent to an activating group) is 1. The van der Waals surface area contributed by atoms with Crippen LogP contribution in [-0.2, 0) is 15.4 Å². The Kier molecular flexibility index (Phi) is 7.91. The average Bonchev–Trinajstić information content (AvgIpc) is 2.78. The quantitative estimate of drug-likeness (QED) is 0.500. The molecule has 0 spiro atoms. The summed E-state index contributed by atoms with van der Waals surface area (Å²) in [7, 11) is -4.25. The lowest BCUT2D eigenvalue weighted by Gasteiger charge is -2.39. The molecule has 0 bridgehead atoms. The zero-order chi connectivity index (χ0) is 26.0. The Morgan fingerprint density at radius 1 is 1.26 bits per heavy atom. The largest absolute Gasteiger partial charge is 0.492 e. The molecule has 0 fully saturated rings. The number of rotatable bonds is 9. The van der Waals surface area contributed by atoms with Crippen molar-refractivity contribution in [1.82, 2.24) is 4.90 Å². The van der Waals surface area contributed by atoms with Gasteiger partial charge in [-0.05, 0) is 54.3 Å². The van der Waals surface area contributed by atoms with E-state index in [0.717, 1.165) is 25.2 Å². The Hall–Kier alpha value is -2.91. The third-order valence-electron chi connectivity index (χ3n) is 6.84. The molecule has 2 N–H and O–H groups in total. The summed E-state index contributed by atoms with van der Waals surface area (Å²) >= 11 is 0. The number of fused-ring (bicyclic) bond motifs is 1. The first-order valence-electron chi connectivity index (χ1n) is 11.7. The van der Waals surface area contributed by atoms with Crippen LogP contribution in [0.3, 0.4) is 0 Å². The molecule has 2 aromatic carbocycles. The molecule has 0 saturated carbocycles. The van der Waals surface area contributed by atoms with Gasteiger partial charge in [0, 0.05) is 12.1 Å². The Balaban J connectivity index is 2.03. The second kappa shape index (κ2) is 10.4. The molecule has 1 aliphatic rings. The van der Waals surface area contributed by atoms with E-state index in [1.807, 2.05) is 34.6 Å². The van der Waals surface area contributed by atoms with Crippen molar-refractivity contribution in [2.24, 2.45) is 5.92 Å². The number of nitrogens with one attached hydrogen (secondary N) is 1. The van der Waals surface area contributed by atoms with Crippen LogP contribution < -0.4 is 9.46 Å². The van der Waals surface area contributed by atoms with E-state index < -0.39 is 21.8 Å². The van der Waals surface area contributed by atoms with Gasteiger partial charge in [0.25, 0.3) is 10.0 Å². The molecular formula is C26H33FN2O5S. The minimum atomic E-state index is -4.25. The van der Waals surface area contributed by atoms with Gasteiger partial charge in [-0.25, -0.2) is 17.6 Å².